The second kappa shape index (κ2) is 5.07. The zero-order chi connectivity index (χ0) is 12.3. The minimum absolute atomic E-state index is 0.183. The smallest absolute Gasteiger partial charge is 0.0665 e. The number of para-hydroxylation sites is 1. The lowest BCUT2D eigenvalue weighted by Crippen LogP contribution is -2.56. The Balaban J connectivity index is 2.22. The van der Waals surface area contributed by atoms with Gasteiger partial charge in [-0.1, -0.05) is 25.1 Å². The summed E-state index contributed by atoms with van der Waals surface area (Å²) in [4.78, 5) is 0. The number of rotatable bonds is 3. The Hall–Kier alpha value is -1.06. The van der Waals surface area contributed by atoms with Crippen LogP contribution < -0.4 is 10.6 Å². The van der Waals surface area contributed by atoms with E-state index in [4.69, 9.17) is 0 Å². The molecular formula is C14H22N2O. The minimum Gasteiger partial charge on any atom is -0.394 e. The molecule has 17 heavy (non-hydrogen) atoms. The molecule has 1 heterocycles. The van der Waals surface area contributed by atoms with Gasteiger partial charge in [0.15, 0.2) is 0 Å². The van der Waals surface area contributed by atoms with Crippen LogP contribution >= 0.6 is 0 Å². The highest BCUT2D eigenvalue weighted by Gasteiger charge is 2.37. The Kier molecular flexibility index (Phi) is 3.69. The Morgan fingerprint density at radius 3 is 2.88 bits per heavy atom. The monoisotopic (exact) mass is 234 g/mol. The minimum atomic E-state index is -0.183. The molecule has 1 aliphatic heterocycles. The number of benzene rings is 1. The van der Waals surface area contributed by atoms with Crippen molar-refractivity contribution < 1.29 is 5.11 Å². The van der Waals surface area contributed by atoms with E-state index in [0.29, 0.717) is 5.92 Å². The van der Waals surface area contributed by atoms with Crippen LogP contribution in [0.3, 0.4) is 0 Å². The summed E-state index contributed by atoms with van der Waals surface area (Å²) in [5, 5.41) is 16.7. The Morgan fingerprint density at radius 2 is 2.24 bits per heavy atom. The van der Waals surface area contributed by atoms with Gasteiger partial charge in [-0.05, 0) is 37.4 Å². The van der Waals surface area contributed by atoms with Gasteiger partial charge in [-0.25, -0.2) is 0 Å². The molecule has 0 radical (unpaired) electrons. The highest BCUT2D eigenvalue weighted by molar-refractivity contribution is 5.52. The summed E-state index contributed by atoms with van der Waals surface area (Å²) in [6.45, 7) is 6.39. The van der Waals surface area contributed by atoms with E-state index in [-0.39, 0.29) is 12.1 Å². The van der Waals surface area contributed by atoms with Crippen LogP contribution in [0, 0.1) is 12.8 Å². The summed E-state index contributed by atoms with van der Waals surface area (Å²) >= 11 is 0. The van der Waals surface area contributed by atoms with Gasteiger partial charge in [0, 0.05) is 12.2 Å². The van der Waals surface area contributed by atoms with Crippen LogP contribution in [0.5, 0.6) is 0 Å². The number of nitrogens with one attached hydrogen (secondary N) is 2. The van der Waals surface area contributed by atoms with E-state index in [0.717, 1.165) is 25.2 Å². The van der Waals surface area contributed by atoms with Crippen molar-refractivity contribution in [3.05, 3.63) is 29.8 Å². The van der Waals surface area contributed by atoms with Crippen molar-refractivity contribution in [1.29, 1.82) is 0 Å². The molecule has 1 aliphatic rings. The number of aliphatic hydroxyl groups excluding tert-OH is 1. The van der Waals surface area contributed by atoms with Crippen molar-refractivity contribution in [2.75, 3.05) is 25.0 Å². The van der Waals surface area contributed by atoms with Gasteiger partial charge in [-0.3, -0.25) is 0 Å². The molecule has 2 unspecified atom stereocenters. The first-order chi connectivity index (χ1) is 8.18. The molecule has 94 valence electrons. The fourth-order valence-corrected chi connectivity index (χ4v) is 2.51. The first-order valence-corrected chi connectivity index (χ1v) is 6.33. The molecule has 1 saturated heterocycles. The van der Waals surface area contributed by atoms with Gasteiger partial charge < -0.3 is 15.7 Å². The molecule has 0 saturated carbocycles. The molecule has 2 atom stereocenters. The molecule has 3 N–H and O–H groups in total. The van der Waals surface area contributed by atoms with Gasteiger partial charge in [0.25, 0.3) is 0 Å². The quantitative estimate of drug-likeness (QED) is 0.747. The fourth-order valence-electron chi connectivity index (χ4n) is 2.51. The largest absolute Gasteiger partial charge is 0.394 e. The summed E-state index contributed by atoms with van der Waals surface area (Å²) in [6.07, 6.45) is 0.957. The molecule has 3 heteroatoms. The number of hydrogen-bond donors (Lipinski definition) is 3. The van der Waals surface area contributed by atoms with E-state index in [9.17, 15) is 5.11 Å². The molecular weight excluding hydrogens is 212 g/mol. The summed E-state index contributed by atoms with van der Waals surface area (Å²) in [5.74, 6) is 0.417. The van der Waals surface area contributed by atoms with Gasteiger partial charge in [0.05, 0.1) is 12.1 Å². The van der Waals surface area contributed by atoms with Gasteiger partial charge in [0.1, 0.15) is 0 Å². The second-order valence-corrected chi connectivity index (χ2v) is 5.11. The predicted octanol–water partition coefficient (Wildman–Crippen LogP) is 1.77. The van der Waals surface area contributed by atoms with Gasteiger partial charge in [0.2, 0.25) is 0 Å². The normalized spacial score (nSPS) is 29.0. The second-order valence-electron chi connectivity index (χ2n) is 5.11. The zero-order valence-electron chi connectivity index (χ0n) is 10.7. The van der Waals surface area contributed by atoms with E-state index in [1.807, 2.05) is 12.1 Å². The summed E-state index contributed by atoms with van der Waals surface area (Å²) in [7, 11) is 0. The van der Waals surface area contributed by atoms with E-state index >= 15 is 0 Å². The zero-order valence-corrected chi connectivity index (χ0v) is 10.7. The third kappa shape index (κ3) is 2.45. The van der Waals surface area contributed by atoms with Crippen LogP contribution in [-0.4, -0.2) is 30.3 Å². The Morgan fingerprint density at radius 1 is 1.47 bits per heavy atom. The molecule has 1 aromatic carbocycles. The number of aliphatic hydroxyl groups is 1. The van der Waals surface area contributed by atoms with Crippen LogP contribution in [0.2, 0.25) is 0 Å². The lowest BCUT2D eigenvalue weighted by molar-refractivity contribution is 0.135. The number of hydrogen-bond acceptors (Lipinski definition) is 3. The van der Waals surface area contributed by atoms with Crippen LogP contribution in [0.25, 0.3) is 0 Å². The highest BCUT2D eigenvalue weighted by Crippen LogP contribution is 2.29. The van der Waals surface area contributed by atoms with Gasteiger partial charge in [-0.2, -0.15) is 0 Å². The fraction of sp³-hybridized carbons (Fsp3) is 0.571. The van der Waals surface area contributed by atoms with Crippen LogP contribution in [-0.2, 0) is 0 Å². The van der Waals surface area contributed by atoms with E-state index < -0.39 is 0 Å². The van der Waals surface area contributed by atoms with Crippen LogP contribution in [0.1, 0.15) is 18.9 Å². The number of anilines is 1. The van der Waals surface area contributed by atoms with Crippen molar-refractivity contribution in [2.45, 2.75) is 25.8 Å². The Labute approximate surface area is 103 Å². The van der Waals surface area contributed by atoms with Crippen LogP contribution in [0.15, 0.2) is 24.3 Å². The standard InChI is InChI=1S/C14H22N2O/c1-11-5-3-4-6-13(11)16-14(10-17)7-8-15-9-12(14)2/h3-6,12,15-17H,7-10H2,1-2H3. The average molecular weight is 234 g/mol. The highest BCUT2D eigenvalue weighted by atomic mass is 16.3. The maximum atomic E-state index is 9.77. The summed E-state index contributed by atoms with van der Waals surface area (Å²) in [5.41, 5.74) is 2.18. The lowest BCUT2D eigenvalue weighted by atomic mass is 9.79. The van der Waals surface area contributed by atoms with Crippen molar-refractivity contribution in [3.63, 3.8) is 0 Å². The van der Waals surface area contributed by atoms with E-state index in [1.165, 1.54) is 5.56 Å². The molecule has 0 spiro atoms. The van der Waals surface area contributed by atoms with Crippen molar-refractivity contribution in [1.82, 2.24) is 5.32 Å². The first-order valence-electron chi connectivity index (χ1n) is 6.33. The average Bonchev–Trinajstić information content (AvgIpc) is 2.35. The maximum absolute atomic E-state index is 9.77. The SMILES string of the molecule is Cc1ccccc1NC1(CO)CCNCC1C. The molecule has 2 rings (SSSR count). The first kappa shape index (κ1) is 12.4. The molecule has 1 aromatic rings. The summed E-state index contributed by atoms with van der Waals surface area (Å²) < 4.78 is 0. The van der Waals surface area contributed by atoms with Crippen molar-refractivity contribution in [3.8, 4) is 0 Å². The molecule has 0 bridgehead atoms. The van der Waals surface area contributed by atoms with Crippen LogP contribution in [0.4, 0.5) is 5.69 Å². The third-order valence-electron chi connectivity index (χ3n) is 3.95. The molecule has 0 aromatic heterocycles. The number of piperidine rings is 1. The van der Waals surface area contributed by atoms with E-state index in [1.54, 1.807) is 0 Å². The van der Waals surface area contributed by atoms with Gasteiger partial charge >= 0.3 is 0 Å². The predicted molar refractivity (Wildman–Crippen MR) is 71.3 cm³/mol. The molecule has 0 amide bonds. The van der Waals surface area contributed by atoms with Crippen molar-refractivity contribution >= 4 is 5.69 Å². The topological polar surface area (TPSA) is 44.3 Å². The Bertz CT molecular complexity index is 380. The molecule has 0 aliphatic carbocycles. The maximum Gasteiger partial charge on any atom is 0.0665 e. The van der Waals surface area contributed by atoms with Gasteiger partial charge in [-0.15, -0.1) is 0 Å². The molecule has 1 fully saturated rings. The van der Waals surface area contributed by atoms with E-state index in [2.05, 4.69) is 36.6 Å². The lowest BCUT2D eigenvalue weighted by Gasteiger charge is -2.43. The molecule has 3 nitrogen and oxygen atoms in total. The van der Waals surface area contributed by atoms with Crippen molar-refractivity contribution in [2.24, 2.45) is 5.92 Å². The summed E-state index contributed by atoms with van der Waals surface area (Å²) in [6, 6.07) is 8.25. The third-order valence-corrected chi connectivity index (χ3v) is 3.95. The number of aryl methyl sites for hydroxylation is 1.